The SMILES string of the molecule is COCCNCc1ccccc1Oc1cccc(Cl)c1Cl. The summed E-state index contributed by atoms with van der Waals surface area (Å²) in [5.74, 6) is 1.31. The van der Waals surface area contributed by atoms with Crippen molar-refractivity contribution in [3.63, 3.8) is 0 Å². The number of ether oxygens (including phenoxy) is 2. The van der Waals surface area contributed by atoms with Crippen molar-refractivity contribution in [1.29, 1.82) is 0 Å². The van der Waals surface area contributed by atoms with Crippen LogP contribution < -0.4 is 10.1 Å². The fourth-order valence-corrected chi connectivity index (χ4v) is 2.16. The minimum Gasteiger partial charge on any atom is -0.455 e. The summed E-state index contributed by atoms with van der Waals surface area (Å²) < 4.78 is 10.9. The zero-order valence-corrected chi connectivity index (χ0v) is 13.2. The Morgan fingerprint density at radius 1 is 1.00 bits per heavy atom. The van der Waals surface area contributed by atoms with Gasteiger partial charge in [-0.3, -0.25) is 0 Å². The third-order valence-corrected chi connectivity index (χ3v) is 3.71. The molecule has 0 aliphatic rings. The predicted octanol–water partition coefficient (Wildman–Crippen LogP) is 4.52. The molecular weight excluding hydrogens is 309 g/mol. The van der Waals surface area contributed by atoms with E-state index in [9.17, 15) is 0 Å². The molecule has 21 heavy (non-hydrogen) atoms. The first-order chi connectivity index (χ1) is 10.2. The lowest BCUT2D eigenvalue weighted by Crippen LogP contribution is -2.18. The van der Waals surface area contributed by atoms with Crippen LogP contribution in [0.15, 0.2) is 42.5 Å². The first-order valence-electron chi connectivity index (χ1n) is 6.62. The molecule has 0 aliphatic carbocycles. The molecule has 112 valence electrons. The number of hydrogen-bond donors (Lipinski definition) is 1. The van der Waals surface area contributed by atoms with Gasteiger partial charge in [-0.1, -0.05) is 47.5 Å². The van der Waals surface area contributed by atoms with Crippen molar-refractivity contribution in [2.75, 3.05) is 20.3 Å². The van der Waals surface area contributed by atoms with Gasteiger partial charge in [-0.15, -0.1) is 0 Å². The lowest BCUT2D eigenvalue weighted by atomic mass is 10.2. The van der Waals surface area contributed by atoms with E-state index in [2.05, 4.69) is 5.32 Å². The molecule has 0 heterocycles. The van der Waals surface area contributed by atoms with Crippen LogP contribution in [0.25, 0.3) is 0 Å². The van der Waals surface area contributed by atoms with Crippen molar-refractivity contribution >= 4 is 23.2 Å². The van der Waals surface area contributed by atoms with Crippen LogP contribution >= 0.6 is 23.2 Å². The average Bonchev–Trinajstić information content (AvgIpc) is 2.50. The van der Waals surface area contributed by atoms with E-state index in [1.54, 1.807) is 19.2 Å². The maximum Gasteiger partial charge on any atom is 0.147 e. The zero-order valence-electron chi connectivity index (χ0n) is 11.7. The Bertz CT molecular complexity index is 590. The van der Waals surface area contributed by atoms with Crippen molar-refractivity contribution in [3.05, 3.63) is 58.1 Å². The molecule has 3 nitrogen and oxygen atoms in total. The Morgan fingerprint density at radius 2 is 1.76 bits per heavy atom. The third kappa shape index (κ3) is 4.61. The number of nitrogens with one attached hydrogen (secondary N) is 1. The van der Waals surface area contributed by atoms with Gasteiger partial charge in [0.25, 0.3) is 0 Å². The van der Waals surface area contributed by atoms with Crippen molar-refractivity contribution in [2.24, 2.45) is 0 Å². The topological polar surface area (TPSA) is 30.5 Å². The molecule has 0 radical (unpaired) electrons. The lowest BCUT2D eigenvalue weighted by Gasteiger charge is -2.13. The second kappa shape index (κ2) is 8.25. The standard InChI is InChI=1S/C16H17Cl2NO2/c1-20-10-9-19-11-12-5-2-3-7-14(12)21-15-8-4-6-13(17)16(15)18/h2-8,19H,9-11H2,1H3. The molecule has 2 rings (SSSR count). The van der Waals surface area contributed by atoms with Gasteiger partial charge in [-0.25, -0.2) is 0 Å². The summed E-state index contributed by atoms with van der Waals surface area (Å²) in [6, 6.07) is 13.1. The number of para-hydroxylation sites is 1. The summed E-state index contributed by atoms with van der Waals surface area (Å²) in [6.07, 6.45) is 0. The van der Waals surface area contributed by atoms with E-state index in [-0.39, 0.29) is 0 Å². The smallest absolute Gasteiger partial charge is 0.147 e. The van der Waals surface area contributed by atoms with E-state index in [0.29, 0.717) is 28.9 Å². The third-order valence-electron chi connectivity index (χ3n) is 2.91. The molecule has 0 atom stereocenters. The van der Waals surface area contributed by atoms with Gasteiger partial charge < -0.3 is 14.8 Å². The van der Waals surface area contributed by atoms with Crippen LogP contribution in [0.5, 0.6) is 11.5 Å². The van der Waals surface area contributed by atoms with Gasteiger partial charge in [-0.05, 0) is 18.2 Å². The Labute approximate surface area is 134 Å². The minimum absolute atomic E-state index is 0.418. The molecule has 0 aliphatic heterocycles. The fraction of sp³-hybridized carbons (Fsp3) is 0.250. The molecule has 0 saturated carbocycles. The fourth-order valence-electron chi connectivity index (χ4n) is 1.83. The first-order valence-corrected chi connectivity index (χ1v) is 7.37. The van der Waals surface area contributed by atoms with Crippen LogP contribution in [-0.4, -0.2) is 20.3 Å². The van der Waals surface area contributed by atoms with Gasteiger partial charge in [-0.2, -0.15) is 0 Å². The van der Waals surface area contributed by atoms with Crippen LogP contribution in [-0.2, 0) is 11.3 Å². The number of benzene rings is 2. The number of hydrogen-bond acceptors (Lipinski definition) is 3. The van der Waals surface area contributed by atoms with Crippen molar-refractivity contribution in [3.8, 4) is 11.5 Å². The summed E-state index contributed by atoms with van der Waals surface area (Å²) in [7, 11) is 1.68. The van der Waals surface area contributed by atoms with Crippen LogP contribution in [0.2, 0.25) is 10.0 Å². The van der Waals surface area contributed by atoms with E-state index in [1.165, 1.54) is 0 Å². The second-order valence-corrected chi connectivity index (χ2v) is 5.22. The maximum atomic E-state index is 6.15. The summed E-state index contributed by atoms with van der Waals surface area (Å²) in [6.45, 7) is 2.14. The van der Waals surface area contributed by atoms with Crippen LogP contribution in [0.1, 0.15) is 5.56 Å². The molecule has 5 heteroatoms. The van der Waals surface area contributed by atoms with Gasteiger partial charge in [0, 0.05) is 25.8 Å². The summed E-state index contributed by atoms with van der Waals surface area (Å²) in [5.41, 5.74) is 1.05. The van der Waals surface area contributed by atoms with E-state index in [4.69, 9.17) is 32.7 Å². The van der Waals surface area contributed by atoms with E-state index in [0.717, 1.165) is 17.9 Å². The summed E-state index contributed by atoms with van der Waals surface area (Å²) >= 11 is 12.2. The van der Waals surface area contributed by atoms with Gasteiger partial charge in [0.2, 0.25) is 0 Å². The monoisotopic (exact) mass is 325 g/mol. The number of methoxy groups -OCH3 is 1. The largest absolute Gasteiger partial charge is 0.455 e. The highest BCUT2D eigenvalue weighted by Crippen LogP contribution is 2.35. The molecule has 1 N–H and O–H groups in total. The van der Waals surface area contributed by atoms with E-state index >= 15 is 0 Å². The molecule has 0 bridgehead atoms. The number of halogens is 2. The molecule has 0 amide bonds. The molecule has 2 aromatic carbocycles. The average molecular weight is 326 g/mol. The normalized spacial score (nSPS) is 10.6. The van der Waals surface area contributed by atoms with Crippen LogP contribution in [0.3, 0.4) is 0 Å². The van der Waals surface area contributed by atoms with Crippen LogP contribution in [0.4, 0.5) is 0 Å². The molecular formula is C16H17Cl2NO2. The van der Waals surface area contributed by atoms with Gasteiger partial charge >= 0.3 is 0 Å². The zero-order chi connectivity index (χ0) is 15.1. The quantitative estimate of drug-likeness (QED) is 0.759. The van der Waals surface area contributed by atoms with E-state index < -0.39 is 0 Å². The Balaban J connectivity index is 2.11. The highest BCUT2D eigenvalue weighted by atomic mass is 35.5. The summed E-state index contributed by atoms with van der Waals surface area (Å²) in [4.78, 5) is 0. The first kappa shape index (κ1) is 16.1. The highest BCUT2D eigenvalue weighted by Gasteiger charge is 2.09. The second-order valence-electron chi connectivity index (χ2n) is 4.43. The molecule has 0 aromatic heterocycles. The Kier molecular flexibility index (Phi) is 6.33. The van der Waals surface area contributed by atoms with Gasteiger partial charge in [0.1, 0.15) is 16.5 Å². The van der Waals surface area contributed by atoms with Crippen LogP contribution in [0, 0.1) is 0 Å². The van der Waals surface area contributed by atoms with Crippen molar-refractivity contribution in [1.82, 2.24) is 5.32 Å². The molecule has 0 spiro atoms. The van der Waals surface area contributed by atoms with Crippen molar-refractivity contribution < 1.29 is 9.47 Å². The number of rotatable bonds is 7. The molecule has 0 saturated heterocycles. The van der Waals surface area contributed by atoms with Gasteiger partial charge in [0.05, 0.1) is 11.6 Å². The Morgan fingerprint density at radius 3 is 2.57 bits per heavy atom. The minimum atomic E-state index is 0.418. The van der Waals surface area contributed by atoms with Crippen molar-refractivity contribution in [2.45, 2.75) is 6.54 Å². The predicted molar refractivity (Wildman–Crippen MR) is 86.6 cm³/mol. The van der Waals surface area contributed by atoms with E-state index in [1.807, 2.05) is 30.3 Å². The Hall–Kier alpha value is -1.26. The molecule has 0 fully saturated rings. The molecule has 0 unspecified atom stereocenters. The lowest BCUT2D eigenvalue weighted by molar-refractivity contribution is 0.199. The highest BCUT2D eigenvalue weighted by molar-refractivity contribution is 6.42. The maximum absolute atomic E-state index is 6.15. The summed E-state index contributed by atoms with van der Waals surface area (Å²) in [5, 5.41) is 4.19. The van der Waals surface area contributed by atoms with Gasteiger partial charge in [0.15, 0.2) is 0 Å². The molecule has 2 aromatic rings.